The molecule has 1 aliphatic carbocycles. The second kappa shape index (κ2) is 3.12. The predicted octanol–water partition coefficient (Wildman–Crippen LogP) is -0.149. The maximum absolute atomic E-state index is 10.8. The molecule has 0 bridgehead atoms. The molecule has 0 spiro atoms. The average molecular weight is 144 g/mol. The Morgan fingerprint density at radius 2 is 1.50 bits per heavy atom. The topological polar surface area (TPSA) is 57.5 Å². The number of carbonyl (C=O) groups is 1. The van der Waals surface area contributed by atoms with Crippen molar-refractivity contribution < 1.29 is 15.0 Å². The van der Waals surface area contributed by atoms with E-state index >= 15 is 0 Å². The van der Waals surface area contributed by atoms with Gasteiger partial charge in [0, 0.05) is 12.8 Å². The molecule has 3 heteroatoms. The Labute approximate surface area is 59.7 Å². The molecule has 10 heavy (non-hydrogen) atoms. The molecule has 0 aromatic rings. The molecule has 1 saturated carbocycles. The first-order valence-corrected chi connectivity index (χ1v) is 3.58. The van der Waals surface area contributed by atoms with E-state index < -0.39 is 12.2 Å². The van der Waals surface area contributed by atoms with Crippen LogP contribution in [0.25, 0.3) is 0 Å². The quantitative estimate of drug-likeness (QED) is 0.465. The monoisotopic (exact) mass is 144 g/mol. The van der Waals surface area contributed by atoms with E-state index in [4.69, 9.17) is 10.2 Å². The largest absolute Gasteiger partial charge is 0.390 e. The van der Waals surface area contributed by atoms with Crippen LogP contribution in [0.3, 0.4) is 0 Å². The van der Waals surface area contributed by atoms with Crippen LogP contribution in [0.15, 0.2) is 0 Å². The predicted molar refractivity (Wildman–Crippen MR) is 35.5 cm³/mol. The van der Waals surface area contributed by atoms with Gasteiger partial charge in [0.15, 0.2) is 0 Å². The Balaban J connectivity index is 2.46. The smallest absolute Gasteiger partial charge is 0.133 e. The SMILES string of the molecule is O=C1CCC(O)C(O)CC1. The summed E-state index contributed by atoms with van der Waals surface area (Å²) in [7, 11) is 0. The highest BCUT2D eigenvalue weighted by Crippen LogP contribution is 2.14. The van der Waals surface area contributed by atoms with Gasteiger partial charge in [-0.15, -0.1) is 0 Å². The molecule has 2 atom stereocenters. The van der Waals surface area contributed by atoms with Crippen LogP contribution in [-0.4, -0.2) is 28.2 Å². The molecule has 0 aromatic heterocycles. The summed E-state index contributed by atoms with van der Waals surface area (Å²) in [4.78, 5) is 10.8. The fraction of sp³-hybridized carbons (Fsp3) is 0.857. The van der Waals surface area contributed by atoms with Gasteiger partial charge in [-0.25, -0.2) is 0 Å². The van der Waals surface area contributed by atoms with Gasteiger partial charge < -0.3 is 10.2 Å². The molecule has 0 aliphatic heterocycles. The first-order valence-electron chi connectivity index (χ1n) is 3.58. The summed E-state index contributed by atoms with van der Waals surface area (Å²) in [6.45, 7) is 0. The number of aliphatic hydroxyl groups is 2. The van der Waals surface area contributed by atoms with E-state index in [9.17, 15) is 4.79 Å². The number of hydrogen-bond donors (Lipinski definition) is 2. The zero-order chi connectivity index (χ0) is 7.56. The van der Waals surface area contributed by atoms with Crippen molar-refractivity contribution in [2.24, 2.45) is 0 Å². The highest BCUT2D eigenvalue weighted by molar-refractivity contribution is 5.78. The third kappa shape index (κ3) is 1.78. The van der Waals surface area contributed by atoms with Crippen LogP contribution in [0.1, 0.15) is 25.7 Å². The summed E-state index contributed by atoms with van der Waals surface area (Å²) in [5.74, 6) is 0.149. The van der Waals surface area contributed by atoms with Gasteiger partial charge in [0.1, 0.15) is 5.78 Å². The van der Waals surface area contributed by atoms with Crippen molar-refractivity contribution in [3.63, 3.8) is 0 Å². The van der Waals surface area contributed by atoms with Gasteiger partial charge in [-0.1, -0.05) is 0 Å². The lowest BCUT2D eigenvalue weighted by molar-refractivity contribution is -0.119. The number of carbonyl (C=O) groups excluding carboxylic acids is 1. The van der Waals surface area contributed by atoms with E-state index in [0.717, 1.165) is 0 Å². The third-order valence-electron chi connectivity index (χ3n) is 1.88. The standard InChI is InChI=1S/C7H12O3/c8-5-1-3-6(9)7(10)4-2-5/h6-7,9-10H,1-4H2. The molecule has 0 amide bonds. The van der Waals surface area contributed by atoms with Crippen LogP contribution in [0.5, 0.6) is 0 Å². The van der Waals surface area contributed by atoms with E-state index in [1.54, 1.807) is 0 Å². The number of ketones is 1. The molecule has 2 unspecified atom stereocenters. The molecule has 0 saturated heterocycles. The minimum Gasteiger partial charge on any atom is -0.390 e. The van der Waals surface area contributed by atoms with Crippen LogP contribution in [0.4, 0.5) is 0 Å². The van der Waals surface area contributed by atoms with Crippen LogP contribution in [0, 0.1) is 0 Å². The number of rotatable bonds is 0. The van der Waals surface area contributed by atoms with Gasteiger partial charge in [-0.05, 0) is 12.8 Å². The third-order valence-corrected chi connectivity index (χ3v) is 1.88. The second-order valence-corrected chi connectivity index (χ2v) is 2.75. The van der Waals surface area contributed by atoms with Crippen LogP contribution >= 0.6 is 0 Å². The Bertz CT molecular complexity index is 119. The van der Waals surface area contributed by atoms with E-state index in [2.05, 4.69) is 0 Å². The lowest BCUT2D eigenvalue weighted by Crippen LogP contribution is -2.23. The normalized spacial score (nSPS) is 35.6. The highest BCUT2D eigenvalue weighted by Gasteiger charge is 2.21. The van der Waals surface area contributed by atoms with Gasteiger partial charge in [0.25, 0.3) is 0 Å². The molecule has 0 radical (unpaired) electrons. The minimum atomic E-state index is -0.688. The molecule has 1 aliphatic rings. The molecule has 0 aromatic carbocycles. The van der Waals surface area contributed by atoms with Gasteiger partial charge in [-0.2, -0.15) is 0 Å². The summed E-state index contributed by atoms with van der Waals surface area (Å²) in [6, 6.07) is 0. The molecule has 2 N–H and O–H groups in total. The fourth-order valence-electron chi connectivity index (χ4n) is 1.13. The molecular formula is C7H12O3. The zero-order valence-corrected chi connectivity index (χ0v) is 5.79. The Morgan fingerprint density at radius 3 is 1.90 bits per heavy atom. The lowest BCUT2D eigenvalue weighted by atomic mass is 10.1. The van der Waals surface area contributed by atoms with Crippen molar-refractivity contribution in [2.75, 3.05) is 0 Å². The van der Waals surface area contributed by atoms with Crippen molar-refractivity contribution in [3.8, 4) is 0 Å². The van der Waals surface area contributed by atoms with Gasteiger partial charge in [0.2, 0.25) is 0 Å². The van der Waals surface area contributed by atoms with Crippen molar-refractivity contribution in [2.45, 2.75) is 37.9 Å². The van der Waals surface area contributed by atoms with Crippen molar-refractivity contribution in [1.29, 1.82) is 0 Å². The molecule has 1 fully saturated rings. The zero-order valence-electron chi connectivity index (χ0n) is 5.79. The van der Waals surface area contributed by atoms with Crippen molar-refractivity contribution in [1.82, 2.24) is 0 Å². The molecule has 3 nitrogen and oxygen atoms in total. The van der Waals surface area contributed by atoms with Crippen LogP contribution in [-0.2, 0) is 4.79 Å². The first kappa shape index (κ1) is 7.69. The Morgan fingerprint density at radius 1 is 1.10 bits per heavy atom. The van der Waals surface area contributed by atoms with Gasteiger partial charge >= 0.3 is 0 Å². The Hall–Kier alpha value is -0.410. The second-order valence-electron chi connectivity index (χ2n) is 2.75. The first-order chi connectivity index (χ1) is 4.70. The number of aliphatic hydroxyl groups excluding tert-OH is 2. The summed E-state index contributed by atoms with van der Waals surface area (Å²) < 4.78 is 0. The molecule has 0 heterocycles. The Kier molecular flexibility index (Phi) is 2.40. The van der Waals surface area contributed by atoms with E-state index in [1.807, 2.05) is 0 Å². The average Bonchev–Trinajstić information content (AvgIpc) is 2.04. The van der Waals surface area contributed by atoms with E-state index in [1.165, 1.54) is 0 Å². The molecule has 1 rings (SSSR count). The molecule has 58 valence electrons. The minimum absolute atomic E-state index is 0.149. The van der Waals surface area contributed by atoms with E-state index in [0.29, 0.717) is 25.7 Å². The molecular weight excluding hydrogens is 132 g/mol. The number of hydrogen-bond acceptors (Lipinski definition) is 3. The van der Waals surface area contributed by atoms with Crippen molar-refractivity contribution >= 4 is 5.78 Å². The fourth-order valence-corrected chi connectivity index (χ4v) is 1.13. The summed E-state index contributed by atoms with van der Waals surface area (Å²) in [5, 5.41) is 18.1. The summed E-state index contributed by atoms with van der Waals surface area (Å²) >= 11 is 0. The maximum atomic E-state index is 10.8. The summed E-state index contributed by atoms with van der Waals surface area (Å²) in [5.41, 5.74) is 0. The lowest BCUT2D eigenvalue weighted by Gasteiger charge is -2.11. The van der Waals surface area contributed by atoms with Gasteiger partial charge in [0.05, 0.1) is 12.2 Å². The van der Waals surface area contributed by atoms with Crippen molar-refractivity contribution in [3.05, 3.63) is 0 Å². The van der Waals surface area contributed by atoms with Crippen LogP contribution < -0.4 is 0 Å². The maximum Gasteiger partial charge on any atom is 0.133 e. The van der Waals surface area contributed by atoms with Gasteiger partial charge in [-0.3, -0.25) is 4.79 Å². The highest BCUT2D eigenvalue weighted by atomic mass is 16.3. The summed E-state index contributed by atoms with van der Waals surface area (Å²) in [6.07, 6.45) is 0.286. The van der Waals surface area contributed by atoms with E-state index in [-0.39, 0.29) is 5.78 Å². The number of Topliss-reactive ketones (excluding diaryl/α,β-unsaturated/α-hetero) is 1. The van der Waals surface area contributed by atoms with Crippen LogP contribution in [0.2, 0.25) is 0 Å².